The number of hydrogen-bond acceptors (Lipinski definition) is 2. The highest BCUT2D eigenvalue weighted by Crippen LogP contribution is 2.28. The van der Waals surface area contributed by atoms with Gasteiger partial charge in [0.15, 0.2) is 0 Å². The van der Waals surface area contributed by atoms with Gasteiger partial charge in [0.1, 0.15) is 6.61 Å². The van der Waals surface area contributed by atoms with Gasteiger partial charge in [-0.2, -0.15) is 0 Å². The van der Waals surface area contributed by atoms with Crippen LogP contribution in [-0.2, 0) is 4.79 Å². The smallest absolute Gasteiger partial charge is 0.287 e. The van der Waals surface area contributed by atoms with Crippen molar-refractivity contribution in [2.24, 2.45) is 11.8 Å². The SMILES string of the molecule is CC1CCC(C(=O)NCC(F)(F)CO)CC1. The van der Waals surface area contributed by atoms with Crippen LogP contribution in [0, 0.1) is 11.8 Å². The second kappa shape index (κ2) is 5.57. The third kappa shape index (κ3) is 4.04. The van der Waals surface area contributed by atoms with Crippen molar-refractivity contribution in [3.05, 3.63) is 0 Å². The molecule has 0 aromatic carbocycles. The van der Waals surface area contributed by atoms with Crippen molar-refractivity contribution in [1.82, 2.24) is 5.32 Å². The van der Waals surface area contributed by atoms with Gasteiger partial charge >= 0.3 is 0 Å². The lowest BCUT2D eigenvalue weighted by Gasteiger charge is -2.25. The van der Waals surface area contributed by atoms with Gasteiger partial charge < -0.3 is 10.4 Å². The van der Waals surface area contributed by atoms with E-state index in [0.29, 0.717) is 5.92 Å². The molecule has 1 fully saturated rings. The molecule has 0 aromatic heterocycles. The molecule has 1 amide bonds. The van der Waals surface area contributed by atoms with E-state index >= 15 is 0 Å². The van der Waals surface area contributed by atoms with E-state index in [-0.39, 0.29) is 11.8 Å². The van der Waals surface area contributed by atoms with E-state index in [1.807, 2.05) is 0 Å². The lowest BCUT2D eigenvalue weighted by molar-refractivity contribution is -0.129. The Kier molecular flexibility index (Phi) is 4.65. The molecule has 0 atom stereocenters. The minimum atomic E-state index is -3.21. The molecule has 94 valence electrons. The Labute approximate surface area is 94.2 Å². The van der Waals surface area contributed by atoms with Crippen molar-refractivity contribution < 1.29 is 18.7 Å². The molecular formula is C11H19F2NO2. The average molecular weight is 235 g/mol. The summed E-state index contributed by atoms with van der Waals surface area (Å²) in [6.45, 7) is 0.136. The number of rotatable bonds is 4. The zero-order valence-corrected chi connectivity index (χ0v) is 9.51. The van der Waals surface area contributed by atoms with Gasteiger partial charge in [-0.1, -0.05) is 6.92 Å². The maximum absolute atomic E-state index is 12.7. The fourth-order valence-electron chi connectivity index (χ4n) is 1.94. The van der Waals surface area contributed by atoms with Crippen LogP contribution in [0.3, 0.4) is 0 Å². The van der Waals surface area contributed by atoms with Crippen molar-refractivity contribution in [2.75, 3.05) is 13.2 Å². The summed E-state index contributed by atoms with van der Waals surface area (Å²) in [5, 5.41) is 10.6. The van der Waals surface area contributed by atoms with E-state index in [2.05, 4.69) is 12.2 Å². The summed E-state index contributed by atoms with van der Waals surface area (Å²) >= 11 is 0. The first kappa shape index (κ1) is 13.4. The van der Waals surface area contributed by atoms with Crippen molar-refractivity contribution in [1.29, 1.82) is 0 Å². The first-order chi connectivity index (χ1) is 7.44. The normalized spacial score (nSPS) is 26.5. The monoisotopic (exact) mass is 235 g/mol. The lowest BCUT2D eigenvalue weighted by atomic mass is 9.82. The molecule has 0 unspecified atom stereocenters. The third-order valence-corrected chi connectivity index (χ3v) is 3.14. The Morgan fingerprint density at radius 2 is 1.94 bits per heavy atom. The highest BCUT2D eigenvalue weighted by molar-refractivity contribution is 5.78. The second-order valence-electron chi connectivity index (χ2n) is 4.69. The first-order valence-corrected chi connectivity index (χ1v) is 5.71. The highest BCUT2D eigenvalue weighted by atomic mass is 19.3. The van der Waals surface area contributed by atoms with Gasteiger partial charge in [-0.25, -0.2) is 8.78 Å². The van der Waals surface area contributed by atoms with Crippen molar-refractivity contribution in [3.8, 4) is 0 Å². The molecule has 1 rings (SSSR count). The quantitative estimate of drug-likeness (QED) is 0.776. The van der Waals surface area contributed by atoms with Crippen molar-refractivity contribution >= 4 is 5.91 Å². The van der Waals surface area contributed by atoms with E-state index in [4.69, 9.17) is 5.11 Å². The fourth-order valence-corrected chi connectivity index (χ4v) is 1.94. The summed E-state index contributed by atoms with van der Waals surface area (Å²) in [6.07, 6.45) is 3.51. The van der Waals surface area contributed by atoms with Gasteiger partial charge in [0, 0.05) is 5.92 Å². The molecule has 0 radical (unpaired) electrons. The average Bonchev–Trinajstić information content (AvgIpc) is 2.27. The molecule has 0 aromatic rings. The van der Waals surface area contributed by atoms with Crippen LogP contribution < -0.4 is 5.32 Å². The zero-order chi connectivity index (χ0) is 12.2. The number of hydrogen-bond donors (Lipinski definition) is 2. The molecule has 0 saturated heterocycles. The van der Waals surface area contributed by atoms with Crippen LogP contribution in [0.25, 0.3) is 0 Å². The standard InChI is InChI=1S/C11H19F2NO2/c1-8-2-4-9(5-3-8)10(16)14-6-11(12,13)7-15/h8-9,15H,2-7H2,1H3,(H,14,16). The van der Waals surface area contributed by atoms with E-state index in [1.165, 1.54) is 0 Å². The Hall–Kier alpha value is -0.710. The van der Waals surface area contributed by atoms with Gasteiger partial charge in [-0.3, -0.25) is 4.79 Å². The van der Waals surface area contributed by atoms with E-state index < -0.39 is 19.1 Å². The predicted molar refractivity (Wildman–Crippen MR) is 56.2 cm³/mol. The van der Waals surface area contributed by atoms with Crippen LogP contribution in [0.5, 0.6) is 0 Å². The number of amides is 1. The molecule has 0 spiro atoms. The van der Waals surface area contributed by atoms with E-state index in [9.17, 15) is 13.6 Å². The van der Waals surface area contributed by atoms with E-state index in [1.54, 1.807) is 0 Å². The van der Waals surface area contributed by atoms with Crippen molar-refractivity contribution in [3.63, 3.8) is 0 Å². The van der Waals surface area contributed by atoms with Crippen LogP contribution >= 0.6 is 0 Å². The molecule has 1 saturated carbocycles. The predicted octanol–water partition coefficient (Wildman–Crippen LogP) is 1.56. The van der Waals surface area contributed by atoms with Gasteiger partial charge in [0.05, 0.1) is 6.54 Å². The molecular weight excluding hydrogens is 216 g/mol. The summed E-state index contributed by atoms with van der Waals surface area (Å²) in [5.74, 6) is -3.02. The highest BCUT2D eigenvalue weighted by Gasteiger charge is 2.30. The van der Waals surface area contributed by atoms with Gasteiger partial charge in [-0.15, -0.1) is 0 Å². The Morgan fingerprint density at radius 1 is 1.38 bits per heavy atom. The molecule has 0 bridgehead atoms. The molecule has 0 heterocycles. The Bertz CT molecular complexity index is 238. The van der Waals surface area contributed by atoms with Crippen LogP contribution in [0.1, 0.15) is 32.6 Å². The number of nitrogens with one attached hydrogen (secondary N) is 1. The maximum Gasteiger partial charge on any atom is 0.287 e. The van der Waals surface area contributed by atoms with Crippen LogP contribution in [0.2, 0.25) is 0 Å². The van der Waals surface area contributed by atoms with Crippen LogP contribution in [0.4, 0.5) is 8.78 Å². The summed E-state index contributed by atoms with van der Waals surface area (Å²) in [4.78, 5) is 11.5. The number of aliphatic hydroxyl groups excluding tert-OH is 1. The van der Waals surface area contributed by atoms with Crippen LogP contribution in [0.15, 0.2) is 0 Å². The number of carbonyl (C=O) groups excluding carboxylic acids is 1. The zero-order valence-electron chi connectivity index (χ0n) is 9.51. The lowest BCUT2D eigenvalue weighted by Crippen LogP contribution is -2.42. The first-order valence-electron chi connectivity index (χ1n) is 5.71. The largest absolute Gasteiger partial charge is 0.390 e. The van der Waals surface area contributed by atoms with Crippen LogP contribution in [-0.4, -0.2) is 30.1 Å². The molecule has 1 aliphatic carbocycles. The Balaban J connectivity index is 2.30. The number of alkyl halides is 2. The summed E-state index contributed by atoms with van der Waals surface area (Å²) in [6, 6.07) is 0. The number of aliphatic hydroxyl groups is 1. The molecule has 16 heavy (non-hydrogen) atoms. The molecule has 2 N–H and O–H groups in total. The molecule has 1 aliphatic rings. The minimum absolute atomic E-state index is 0.134. The fraction of sp³-hybridized carbons (Fsp3) is 0.909. The third-order valence-electron chi connectivity index (χ3n) is 3.14. The summed E-state index contributed by atoms with van der Waals surface area (Å²) in [5.41, 5.74) is 0. The summed E-state index contributed by atoms with van der Waals surface area (Å²) in [7, 11) is 0. The molecule has 5 heteroatoms. The van der Waals surface area contributed by atoms with Crippen molar-refractivity contribution in [2.45, 2.75) is 38.5 Å². The number of carbonyl (C=O) groups is 1. The summed E-state index contributed by atoms with van der Waals surface area (Å²) < 4.78 is 25.4. The van der Waals surface area contributed by atoms with Gasteiger partial charge in [-0.05, 0) is 31.6 Å². The topological polar surface area (TPSA) is 49.3 Å². The van der Waals surface area contributed by atoms with E-state index in [0.717, 1.165) is 25.7 Å². The number of halogens is 2. The molecule has 0 aliphatic heterocycles. The Morgan fingerprint density at radius 3 is 2.44 bits per heavy atom. The molecule has 3 nitrogen and oxygen atoms in total. The van der Waals surface area contributed by atoms with Gasteiger partial charge in [0.25, 0.3) is 5.92 Å². The second-order valence-corrected chi connectivity index (χ2v) is 4.69. The maximum atomic E-state index is 12.7. The van der Waals surface area contributed by atoms with Gasteiger partial charge in [0.2, 0.25) is 5.91 Å². The minimum Gasteiger partial charge on any atom is -0.390 e.